The Morgan fingerprint density at radius 3 is 2.92 bits per heavy atom. The van der Waals surface area contributed by atoms with Crippen molar-refractivity contribution in [3.8, 4) is 0 Å². The van der Waals surface area contributed by atoms with Crippen LogP contribution in [0.1, 0.15) is 11.1 Å². The molecule has 0 fully saturated rings. The zero-order chi connectivity index (χ0) is 9.14. The fraction of sp³-hybridized carbons (Fsp3) is 0.143. The van der Waals surface area contributed by atoms with E-state index < -0.39 is 0 Å². The molecule has 12 heavy (non-hydrogen) atoms. The number of hydrogen-bond acceptors (Lipinski definition) is 3. The second-order valence-electron chi connectivity index (χ2n) is 2.28. The maximum Gasteiger partial charge on any atom is 0.171 e. The molecule has 0 aliphatic rings. The van der Waals surface area contributed by atoms with Crippen molar-refractivity contribution in [3.05, 3.63) is 28.5 Å². The zero-order valence-corrected chi connectivity index (χ0v) is 7.21. The number of oxime groups is 1. The lowest BCUT2D eigenvalue weighted by atomic mass is 10.1. The highest BCUT2D eigenvalue weighted by atomic mass is 35.5. The largest absolute Gasteiger partial charge is 0.409 e. The van der Waals surface area contributed by atoms with Crippen molar-refractivity contribution in [1.29, 1.82) is 0 Å². The first-order chi connectivity index (χ1) is 5.66. The molecular weight excluding hydrogens is 178 g/mol. The molecule has 0 saturated heterocycles. The van der Waals surface area contributed by atoms with Gasteiger partial charge in [-0.15, -0.1) is 0 Å². The SMILES string of the molecule is Cc1c(Cl)cncc1/C(N)=N\O. The summed E-state index contributed by atoms with van der Waals surface area (Å²) in [6.07, 6.45) is 3.00. The first-order valence-electron chi connectivity index (χ1n) is 3.25. The molecule has 0 aromatic carbocycles. The van der Waals surface area contributed by atoms with E-state index >= 15 is 0 Å². The molecule has 4 nitrogen and oxygen atoms in total. The molecule has 5 heteroatoms. The van der Waals surface area contributed by atoms with E-state index in [9.17, 15) is 0 Å². The van der Waals surface area contributed by atoms with Crippen molar-refractivity contribution in [2.75, 3.05) is 0 Å². The Labute approximate surface area is 74.7 Å². The normalized spacial score (nSPS) is 11.7. The monoisotopic (exact) mass is 185 g/mol. The standard InChI is InChI=1S/C7H8ClN3O/c1-4-5(7(9)11-12)2-10-3-6(4)8/h2-3,12H,1H3,(H2,9,11). The Kier molecular flexibility index (Phi) is 2.50. The third-order valence-corrected chi connectivity index (χ3v) is 1.92. The number of amidine groups is 1. The molecule has 0 radical (unpaired) electrons. The Hall–Kier alpha value is -1.29. The molecule has 0 aliphatic carbocycles. The highest BCUT2D eigenvalue weighted by Crippen LogP contribution is 2.16. The van der Waals surface area contributed by atoms with Crippen molar-refractivity contribution in [3.63, 3.8) is 0 Å². The predicted octanol–water partition coefficient (Wildman–Crippen LogP) is 1.14. The van der Waals surface area contributed by atoms with Gasteiger partial charge >= 0.3 is 0 Å². The van der Waals surface area contributed by atoms with Gasteiger partial charge in [-0.2, -0.15) is 0 Å². The van der Waals surface area contributed by atoms with Crippen LogP contribution in [0.25, 0.3) is 0 Å². The van der Waals surface area contributed by atoms with E-state index in [1.54, 1.807) is 6.92 Å². The summed E-state index contributed by atoms with van der Waals surface area (Å²) in [5.74, 6) is 0.0162. The fourth-order valence-corrected chi connectivity index (χ4v) is 0.970. The summed E-state index contributed by atoms with van der Waals surface area (Å²) in [4.78, 5) is 3.81. The van der Waals surface area contributed by atoms with Crippen molar-refractivity contribution in [2.45, 2.75) is 6.92 Å². The molecule has 0 unspecified atom stereocenters. The van der Waals surface area contributed by atoms with Crippen LogP contribution in [0.4, 0.5) is 0 Å². The molecule has 64 valence electrons. The van der Waals surface area contributed by atoms with Gasteiger partial charge in [-0.05, 0) is 12.5 Å². The van der Waals surface area contributed by atoms with Gasteiger partial charge in [0.05, 0.1) is 5.02 Å². The van der Waals surface area contributed by atoms with Crippen molar-refractivity contribution in [2.24, 2.45) is 10.9 Å². The van der Waals surface area contributed by atoms with E-state index in [0.717, 1.165) is 5.56 Å². The average molecular weight is 186 g/mol. The van der Waals surface area contributed by atoms with Gasteiger partial charge in [-0.25, -0.2) is 0 Å². The van der Waals surface area contributed by atoms with E-state index in [0.29, 0.717) is 10.6 Å². The van der Waals surface area contributed by atoms with Crippen molar-refractivity contribution < 1.29 is 5.21 Å². The summed E-state index contributed by atoms with van der Waals surface area (Å²) in [6, 6.07) is 0. The number of pyridine rings is 1. The van der Waals surface area contributed by atoms with E-state index in [1.807, 2.05) is 0 Å². The summed E-state index contributed by atoms with van der Waals surface area (Å²) >= 11 is 5.76. The molecule has 0 saturated carbocycles. The number of rotatable bonds is 1. The summed E-state index contributed by atoms with van der Waals surface area (Å²) < 4.78 is 0. The minimum Gasteiger partial charge on any atom is -0.409 e. The van der Waals surface area contributed by atoms with Gasteiger partial charge in [0, 0.05) is 18.0 Å². The lowest BCUT2D eigenvalue weighted by Gasteiger charge is -2.03. The molecule has 3 N–H and O–H groups in total. The van der Waals surface area contributed by atoms with E-state index in [-0.39, 0.29) is 5.84 Å². The first-order valence-corrected chi connectivity index (χ1v) is 3.62. The van der Waals surface area contributed by atoms with Gasteiger partial charge < -0.3 is 10.9 Å². The second kappa shape index (κ2) is 3.40. The van der Waals surface area contributed by atoms with Crippen molar-refractivity contribution in [1.82, 2.24) is 4.98 Å². The number of nitrogens with two attached hydrogens (primary N) is 1. The average Bonchev–Trinajstić information content (AvgIpc) is 2.08. The Bertz CT molecular complexity index is 324. The predicted molar refractivity (Wildman–Crippen MR) is 46.5 cm³/mol. The maximum absolute atomic E-state index is 8.40. The molecular formula is C7H8ClN3O. The van der Waals surface area contributed by atoms with Crippen LogP contribution in [-0.2, 0) is 0 Å². The quantitative estimate of drug-likeness (QED) is 0.298. The molecule has 1 heterocycles. The summed E-state index contributed by atoms with van der Waals surface area (Å²) in [7, 11) is 0. The zero-order valence-electron chi connectivity index (χ0n) is 6.45. The minimum absolute atomic E-state index is 0.0162. The van der Waals surface area contributed by atoms with Crippen LogP contribution in [0.3, 0.4) is 0 Å². The molecule has 0 bridgehead atoms. The van der Waals surface area contributed by atoms with Crippen molar-refractivity contribution >= 4 is 17.4 Å². The Balaban J connectivity index is 3.26. The van der Waals surface area contributed by atoms with Gasteiger partial charge in [0.2, 0.25) is 0 Å². The van der Waals surface area contributed by atoms with Crippen LogP contribution < -0.4 is 5.73 Å². The van der Waals surface area contributed by atoms with E-state index in [2.05, 4.69) is 10.1 Å². The van der Waals surface area contributed by atoms with Gasteiger partial charge in [-0.1, -0.05) is 16.8 Å². The number of hydrogen-bond donors (Lipinski definition) is 2. The lowest BCUT2D eigenvalue weighted by Crippen LogP contribution is -2.15. The Morgan fingerprint density at radius 1 is 1.67 bits per heavy atom. The molecule has 0 spiro atoms. The number of nitrogens with zero attached hydrogens (tertiary/aromatic N) is 2. The van der Waals surface area contributed by atoms with Gasteiger partial charge in [0.15, 0.2) is 5.84 Å². The van der Waals surface area contributed by atoms with Gasteiger partial charge in [-0.3, -0.25) is 4.98 Å². The smallest absolute Gasteiger partial charge is 0.171 e. The minimum atomic E-state index is 0.0162. The second-order valence-corrected chi connectivity index (χ2v) is 2.69. The van der Waals surface area contributed by atoms with Gasteiger partial charge in [0.25, 0.3) is 0 Å². The summed E-state index contributed by atoms with van der Waals surface area (Å²) in [6.45, 7) is 1.78. The molecule has 1 aromatic heterocycles. The molecule has 1 aromatic rings. The molecule has 0 amide bonds. The summed E-state index contributed by atoms with van der Waals surface area (Å²) in [5.41, 5.74) is 6.66. The van der Waals surface area contributed by atoms with Crippen LogP contribution in [-0.4, -0.2) is 16.0 Å². The topological polar surface area (TPSA) is 71.5 Å². The fourth-order valence-electron chi connectivity index (χ4n) is 0.812. The third-order valence-electron chi connectivity index (χ3n) is 1.54. The van der Waals surface area contributed by atoms with Crippen LogP contribution in [0.2, 0.25) is 5.02 Å². The number of aromatic nitrogens is 1. The highest BCUT2D eigenvalue weighted by Gasteiger charge is 2.06. The maximum atomic E-state index is 8.40. The summed E-state index contributed by atoms with van der Waals surface area (Å²) in [5, 5.41) is 11.8. The van der Waals surface area contributed by atoms with E-state index in [4.69, 9.17) is 22.5 Å². The van der Waals surface area contributed by atoms with E-state index in [1.165, 1.54) is 12.4 Å². The van der Waals surface area contributed by atoms with Crippen LogP contribution in [0.5, 0.6) is 0 Å². The first kappa shape index (κ1) is 8.80. The molecule has 0 aliphatic heterocycles. The third kappa shape index (κ3) is 1.48. The Morgan fingerprint density at radius 2 is 2.33 bits per heavy atom. The van der Waals surface area contributed by atoms with Crippen LogP contribution in [0.15, 0.2) is 17.5 Å². The van der Waals surface area contributed by atoms with Gasteiger partial charge in [0.1, 0.15) is 0 Å². The lowest BCUT2D eigenvalue weighted by molar-refractivity contribution is 0.318. The molecule has 0 atom stereocenters. The van der Waals surface area contributed by atoms with Crippen LogP contribution in [0, 0.1) is 6.92 Å². The number of halogens is 1. The van der Waals surface area contributed by atoms with Crippen LogP contribution >= 0.6 is 11.6 Å². The molecule has 1 rings (SSSR count). The highest BCUT2D eigenvalue weighted by molar-refractivity contribution is 6.31.